The van der Waals surface area contributed by atoms with Crippen molar-refractivity contribution < 1.29 is 9.59 Å². The van der Waals surface area contributed by atoms with Crippen molar-refractivity contribution >= 4 is 22.7 Å². The molecule has 1 aliphatic rings. The third-order valence-electron chi connectivity index (χ3n) is 4.53. The number of benzene rings is 1. The van der Waals surface area contributed by atoms with Gasteiger partial charge in [-0.05, 0) is 31.4 Å². The van der Waals surface area contributed by atoms with Gasteiger partial charge in [-0.2, -0.15) is 0 Å². The number of para-hydroxylation sites is 1. The highest BCUT2D eigenvalue weighted by Gasteiger charge is 2.18. The van der Waals surface area contributed by atoms with Gasteiger partial charge in [-0.1, -0.05) is 12.1 Å². The molecule has 1 N–H and O–H groups in total. The number of nitrogens with zero attached hydrogens (tertiary/aromatic N) is 3. The topological polar surface area (TPSA) is 84.3 Å². The van der Waals surface area contributed by atoms with E-state index < -0.39 is 0 Å². The molecule has 2 aromatic rings. The molecule has 3 rings (SSSR count). The number of aromatic nitrogens is 2. The van der Waals surface area contributed by atoms with Gasteiger partial charge < -0.3 is 10.2 Å². The van der Waals surface area contributed by atoms with Gasteiger partial charge in [0.1, 0.15) is 0 Å². The Labute approximate surface area is 145 Å². The van der Waals surface area contributed by atoms with Gasteiger partial charge in [0.05, 0.1) is 23.8 Å². The first-order chi connectivity index (χ1) is 12.1. The van der Waals surface area contributed by atoms with Crippen molar-refractivity contribution in [2.75, 3.05) is 19.6 Å². The van der Waals surface area contributed by atoms with Crippen LogP contribution in [0.15, 0.2) is 29.3 Å². The highest BCUT2D eigenvalue weighted by Crippen LogP contribution is 2.11. The summed E-state index contributed by atoms with van der Waals surface area (Å²) in [7, 11) is 0. The van der Waals surface area contributed by atoms with Crippen molar-refractivity contribution in [3.63, 3.8) is 0 Å². The van der Waals surface area contributed by atoms with Crippen molar-refractivity contribution in [1.29, 1.82) is 0 Å². The summed E-state index contributed by atoms with van der Waals surface area (Å²) in [6.07, 6.45) is 3.65. The fourth-order valence-electron chi connectivity index (χ4n) is 3.06. The molecule has 2 amide bonds. The molecule has 0 aliphatic carbocycles. The summed E-state index contributed by atoms with van der Waals surface area (Å²) >= 11 is 0. The number of nitrogens with one attached hydrogen (secondary N) is 1. The molecule has 0 bridgehead atoms. The molecule has 132 valence electrons. The molecule has 0 saturated carbocycles. The number of fused-ring (bicyclic) bond motifs is 1. The molecule has 0 radical (unpaired) electrons. The Bertz CT molecular complexity index is 853. The molecule has 7 nitrogen and oxygen atoms in total. The molecule has 0 spiro atoms. The van der Waals surface area contributed by atoms with Crippen molar-refractivity contribution in [3.05, 3.63) is 40.4 Å². The molecule has 2 heterocycles. The van der Waals surface area contributed by atoms with Gasteiger partial charge in [-0.25, -0.2) is 4.98 Å². The van der Waals surface area contributed by atoms with Gasteiger partial charge >= 0.3 is 0 Å². The number of hydrogen-bond acceptors (Lipinski definition) is 4. The first-order valence-corrected chi connectivity index (χ1v) is 8.55. The molecule has 0 unspecified atom stereocenters. The first kappa shape index (κ1) is 17.1. The van der Waals surface area contributed by atoms with Crippen molar-refractivity contribution in [1.82, 2.24) is 19.8 Å². The van der Waals surface area contributed by atoms with Crippen LogP contribution in [0.2, 0.25) is 0 Å². The van der Waals surface area contributed by atoms with Gasteiger partial charge in [0.2, 0.25) is 11.8 Å². The third kappa shape index (κ3) is 3.87. The Morgan fingerprint density at radius 2 is 2.00 bits per heavy atom. The first-order valence-electron chi connectivity index (χ1n) is 8.55. The van der Waals surface area contributed by atoms with Crippen LogP contribution >= 0.6 is 0 Å². The lowest BCUT2D eigenvalue weighted by Crippen LogP contribution is -2.39. The summed E-state index contributed by atoms with van der Waals surface area (Å²) in [5.41, 5.74) is 1.47. The molecule has 0 atom stereocenters. The van der Waals surface area contributed by atoms with Gasteiger partial charge in [0, 0.05) is 26.1 Å². The van der Waals surface area contributed by atoms with E-state index in [1.807, 2.05) is 19.1 Å². The zero-order chi connectivity index (χ0) is 17.8. The van der Waals surface area contributed by atoms with Crippen LogP contribution < -0.4 is 10.9 Å². The largest absolute Gasteiger partial charge is 0.347 e. The van der Waals surface area contributed by atoms with Gasteiger partial charge in [0.15, 0.2) is 0 Å². The van der Waals surface area contributed by atoms with Gasteiger partial charge in [0.25, 0.3) is 5.56 Å². The molecule has 1 aliphatic heterocycles. The second-order valence-corrected chi connectivity index (χ2v) is 6.33. The van der Waals surface area contributed by atoms with E-state index in [1.165, 1.54) is 10.9 Å². The molecule has 1 aromatic carbocycles. The molecule has 1 saturated heterocycles. The smallest absolute Gasteiger partial charge is 0.261 e. The van der Waals surface area contributed by atoms with Crippen LogP contribution in [-0.4, -0.2) is 45.9 Å². The monoisotopic (exact) mass is 342 g/mol. The Kier molecular flexibility index (Phi) is 5.11. The highest BCUT2D eigenvalue weighted by atomic mass is 16.2. The Balaban J connectivity index is 1.57. The molecular formula is C18H22N4O3. The second-order valence-electron chi connectivity index (χ2n) is 6.33. The zero-order valence-electron chi connectivity index (χ0n) is 14.3. The molecule has 1 fully saturated rings. The number of aryl methyl sites for hydroxylation is 2. The number of carbonyl (C=O) groups is 2. The molecule has 7 heteroatoms. The lowest BCUT2D eigenvalue weighted by atomic mass is 10.1. The van der Waals surface area contributed by atoms with Crippen LogP contribution in [0.3, 0.4) is 0 Å². The molecular weight excluding hydrogens is 320 g/mol. The maximum atomic E-state index is 12.5. The van der Waals surface area contributed by atoms with E-state index in [-0.39, 0.29) is 36.9 Å². The summed E-state index contributed by atoms with van der Waals surface area (Å²) in [6.45, 7) is 3.70. The maximum absolute atomic E-state index is 12.5. The van der Waals surface area contributed by atoms with Crippen LogP contribution in [0.1, 0.15) is 24.8 Å². The van der Waals surface area contributed by atoms with Crippen molar-refractivity contribution in [2.45, 2.75) is 32.7 Å². The minimum Gasteiger partial charge on any atom is -0.347 e. The van der Waals surface area contributed by atoms with Crippen molar-refractivity contribution in [2.24, 2.45) is 0 Å². The van der Waals surface area contributed by atoms with Gasteiger partial charge in [-0.15, -0.1) is 0 Å². The minimum absolute atomic E-state index is 0.0168. The minimum atomic E-state index is -0.246. The van der Waals surface area contributed by atoms with E-state index in [0.29, 0.717) is 10.9 Å². The number of likely N-dealkylation sites (tertiary alicyclic amines) is 1. The van der Waals surface area contributed by atoms with Gasteiger partial charge in [-0.3, -0.25) is 19.0 Å². The lowest BCUT2D eigenvalue weighted by molar-refractivity contribution is -0.132. The Morgan fingerprint density at radius 1 is 1.24 bits per heavy atom. The molecule has 25 heavy (non-hydrogen) atoms. The Morgan fingerprint density at radius 3 is 2.76 bits per heavy atom. The van der Waals surface area contributed by atoms with Crippen LogP contribution in [0.25, 0.3) is 10.9 Å². The summed E-state index contributed by atoms with van der Waals surface area (Å²) < 4.78 is 1.43. The SMILES string of the molecule is Cc1cccc2c(=O)n(CCC(=O)NCC(=O)N3CCCC3)cnc12. The third-order valence-corrected chi connectivity index (χ3v) is 4.53. The fourth-order valence-corrected chi connectivity index (χ4v) is 3.06. The number of carbonyl (C=O) groups excluding carboxylic acids is 2. The Hall–Kier alpha value is -2.70. The quantitative estimate of drug-likeness (QED) is 0.872. The summed E-state index contributed by atoms with van der Waals surface area (Å²) in [6, 6.07) is 5.47. The highest BCUT2D eigenvalue weighted by molar-refractivity contribution is 5.85. The molecule has 1 aromatic heterocycles. The van der Waals surface area contributed by atoms with E-state index in [2.05, 4.69) is 10.3 Å². The zero-order valence-corrected chi connectivity index (χ0v) is 14.3. The summed E-state index contributed by atoms with van der Waals surface area (Å²) in [5, 5.41) is 3.18. The standard InChI is InChI=1S/C18H22N4O3/c1-13-5-4-6-14-17(13)20-12-22(18(14)25)10-7-15(23)19-11-16(24)21-8-2-3-9-21/h4-6,12H,2-3,7-11H2,1H3,(H,19,23). The van der Waals surface area contributed by atoms with E-state index in [9.17, 15) is 14.4 Å². The number of hydrogen-bond donors (Lipinski definition) is 1. The predicted octanol–water partition coefficient (Wildman–Crippen LogP) is 0.834. The maximum Gasteiger partial charge on any atom is 0.261 e. The van der Waals surface area contributed by atoms with Crippen LogP contribution in [-0.2, 0) is 16.1 Å². The predicted molar refractivity (Wildman–Crippen MR) is 94.2 cm³/mol. The summed E-state index contributed by atoms with van der Waals surface area (Å²) in [4.78, 5) is 42.4. The fraction of sp³-hybridized carbons (Fsp3) is 0.444. The second kappa shape index (κ2) is 7.46. The van der Waals surface area contributed by atoms with E-state index in [1.54, 1.807) is 11.0 Å². The average Bonchev–Trinajstić information content (AvgIpc) is 3.14. The van der Waals surface area contributed by atoms with Crippen LogP contribution in [0.5, 0.6) is 0 Å². The lowest BCUT2D eigenvalue weighted by Gasteiger charge is -2.15. The summed E-state index contributed by atoms with van der Waals surface area (Å²) in [5.74, 6) is -0.297. The van der Waals surface area contributed by atoms with E-state index in [4.69, 9.17) is 0 Å². The van der Waals surface area contributed by atoms with Crippen LogP contribution in [0.4, 0.5) is 0 Å². The van der Waals surface area contributed by atoms with E-state index in [0.717, 1.165) is 31.5 Å². The number of amides is 2. The van der Waals surface area contributed by atoms with Crippen molar-refractivity contribution in [3.8, 4) is 0 Å². The normalized spacial score (nSPS) is 14.0. The number of rotatable bonds is 5. The van der Waals surface area contributed by atoms with E-state index >= 15 is 0 Å². The average molecular weight is 342 g/mol. The van der Waals surface area contributed by atoms with Crippen LogP contribution in [0, 0.1) is 6.92 Å².